The van der Waals surface area contributed by atoms with E-state index in [1.54, 1.807) is 24.3 Å². The molecule has 1 N–H and O–H groups in total. The van der Waals surface area contributed by atoms with E-state index in [1.165, 1.54) is 7.11 Å². The molecule has 0 radical (unpaired) electrons. The number of ether oxygens (including phenoxy) is 1. The molecule has 174 valence electrons. The van der Waals surface area contributed by atoms with Crippen molar-refractivity contribution in [1.29, 1.82) is 0 Å². The molecule has 3 fully saturated rings. The molecule has 0 unspecified atom stereocenters. The van der Waals surface area contributed by atoms with Gasteiger partial charge in [0.2, 0.25) is 17.7 Å². The van der Waals surface area contributed by atoms with Crippen LogP contribution in [0, 0.1) is 11.8 Å². The highest BCUT2D eigenvalue weighted by molar-refractivity contribution is 6.27. The number of nitrogens with zero attached hydrogens (tertiary/aromatic N) is 2. The summed E-state index contributed by atoms with van der Waals surface area (Å²) in [6.45, 7) is 2.68. The lowest BCUT2D eigenvalue weighted by molar-refractivity contribution is -0.135. The van der Waals surface area contributed by atoms with E-state index >= 15 is 0 Å². The van der Waals surface area contributed by atoms with Gasteiger partial charge in [-0.15, -0.1) is 0 Å². The molecule has 3 amide bonds. The Labute approximate surface area is 196 Å². The molecule has 0 aliphatic carbocycles. The van der Waals surface area contributed by atoms with Crippen molar-refractivity contribution in [2.24, 2.45) is 11.8 Å². The molecule has 6 rings (SSSR count). The van der Waals surface area contributed by atoms with Gasteiger partial charge in [0.25, 0.3) is 0 Å². The molecule has 8 nitrogen and oxygen atoms in total. The quantitative estimate of drug-likeness (QED) is 0.560. The van der Waals surface area contributed by atoms with Crippen LogP contribution in [0.5, 0.6) is 0 Å². The second kappa shape index (κ2) is 7.24. The molecular weight excluding hydrogens is 434 g/mol. The third kappa shape index (κ3) is 2.36. The summed E-state index contributed by atoms with van der Waals surface area (Å²) in [5.74, 6) is -3.17. The fraction of sp³-hybridized carbons (Fsp3) is 0.385. The molecule has 34 heavy (non-hydrogen) atoms. The Morgan fingerprint density at radius 3 is 2.68 bits per heavy atom. The molecule has 4 atom stereocenters. The summed E-state index contributed by atoms with van der Waals surface area (Å²) in [7, 11) is 1.26. The van der Waals surface area contributed by atoms with Crippen LogP contribution in [0.3, 0.4) is 0 Å². The summed E-state index contributed by atoms with van der Waals surface area (Å²) in [5, 5.41) is 3.07. The number of methoxy groups -OCH3 is 1. The van der Waals surface area contributed by atoms with Gasteiger partial charge < -0.3 is 10.1 Å². The first-order valence-electron chi connectivity index (χ1n) is 11.7. The molecule has 0 bridgehead atoms. The minimum atomic E-state index is -1.23. The number of amides is 3. The fourth-order valence-corrected chi connectivity index (χ4v) is 6.77. The van der Waals surface area contributed by atoms with Gasteiger partial charge in [-0.05, 0) is 43.5 Å². The minimum absolute atomic E-state index is 0.147. The zero-order chi connectivity index (χ0) is 23.8. The van der Waals surface area contributed by atoms with Crippen LogP contribution >= 0.6 is 0 Å². The number of imide groups is 1. The highest BCUT2D eigenvalue weighted by atomic mass is 16.5. The lowest BCUT2D eigenvalue weighted by atomic mass is 9.75. The fourth-order valence-electron chi connectivity index (χ4n) is 6.77. The molecule has 2 aromatic carbocycles. The van der Waals surface area contributed by atoms with Gasteiger partial charge in [0.15, 0.2) is 0 Å². The molecule has 3 saturated heterocycles. The largest absolute Gasteiger partial charge is 0.465 e. The van der Waals surface area contributed by atoms with E-state index in [1.807, 2.05) is 25.1 Å². The van der Waals surface area contributed by atoms with Crippen LogP contribution in [0.15, 0.2) is 42.5 Å². The normalized spacial score (nSPS) is 29.4. The lowest BCUT2D eigenvalue weighted by Gasteiger charge is -2.36. The van der Waals surface area contributed by atoms with Gasteiger partial charge in [-0.3, -0.25) is 19.3 Å². The second-order valence-electron chi connectivity index (χ2n) is 9.34. The zero-order valence-corrected chi connectivity index (χ0v) is 19.0. The monoisotopic (exact) mass is 459 g/mol. The van der Waals surface area contributed by atoms with Crippen LogP contribution in [0.25, 0.3) is 0 Å². The van der Waals surface area contributed by atoms with Gasteiger partial charge in [-0.2, -0.15) is 0 Å². The SMILES string of the molecule is CCc1cccc2c1NC(=O)[C@@]21[C@H]2C(=O)N(c3ccccc3C(=O)OC)C(=O)[C@@H]2[C@H]2CCCN21. The molecule has 8 heteroatoms. The summed E-state index contributed by atoms with van der Waals surface area (Å²) in [4.78, 5) is 57.5. The Balaban J connectivity index is 1.55. The minimum Gasteiger partial charge on any atom is -0.465 e. The second-order valence-corrected chi connectivity index (χ2v) is 9.34. The van der Waals surface area contributed by atoms with Crippen LogP contribution in [-0.4, -0.2) is 48.3 Å². The number of rotatable bonds is 3. The first-order valence-corrected chi connectivity index (χ1v) is 11.7. The van der Waals surface area contributed by atoms with Gasteiger partial charge in [0.05, 0.1) is 30.2 Å². The molecular formula is C26H25N3O5. The maximum atomic E-state index is 14.1. The van der Waals surface area contributed by atoms with Gasteiger partial charge >= 0.3 is 5.97 Å². The average molecular weight is 460 g/mol. The van der Waals surface area contributed by atoms with Crippen LogP contribution in [0.2, 0.25) is 0 Å². The molecule has 4 aliphatic rings. The first kappa shape index (κ1) is 21.0. The van der Waals surface area contributed by atoms with Crippen molar-refractivity contribution in [1.82, 2.24) is 4.90 Å². The third-order valence-electron chi connectivity index (χ3n) is 8.05. The third-order valence-corrected chi connectivity index (χ3v) is 8.05. The molecule has 4 heterocycles. The van der Waals surface area contributed by atoms with Crippen LogP contribution < -0.4 is 10.2 Å². The van der Waals surface area contributed by atoms with Gasteiger partial charge in [0.1, 0.15) is 5.54 Å². The summed E-state index contributed by atoms with van der Waals surface area (Å²) in [6, 6.07) is 12.1. The van der Waals surface area contributed by atoms with Gasteiger partial charge in [0, 0.05) is 17.3 Å². The van der Waals surface area contributed by atoms with Crippen molar-refractivity contribution in [2.75, 3.05) is 23.9 Å². The summed E-state index contributed by atoms with van der Waals surface area (Å²) in [5.41, 5.74) is 1.67. The summed E-state index contributed by atoms with van der Waals surface area (Å²) < 4.78 is 4.89. The number of nitrogens with one attached hydrogen (secondary N) is 1. The molecule has 4 aliphatic heterocycles. The highest BCUT2D eigenvalue weighted by Crippen LogP contribution is 2.61. The maximum Gasteiger partial charge on any atom is 0.339 e. The maximum absolute atomic E-state index is 14.1. The van der Waals surface area contributed by atoms with Crippen molar-refractivity contribution in [3.63, 3.8) is 0 Å². The molecule has 2 aromatic rings. The van der Waals surface area contributed by atoms with Gasteiger partial charge in [-0.25, -0.2) is 9.69 Å². The Morgan fingerprint density at radius 2 is 1.91 bits per heavy atom. The molecule has 0 saturated carbocycles. The first-order chi connectivity index (χ1) is 16.5. The van der Waals surface area contributed by atoms with E-state index in [0.29, 0.717) is 6.54 Å². The van der Waals surface area contributed by atoms with E-state index in [9.17, 15) is 19.2 Å². The van der Waals surface area contributed by atoms with Crippen molar-refractivity contribution >= 4 is 35.1 Å². The molecule has 0 aromatic heterocycles. The van der Waals surface area contributed by atoms with E-state index in [0.717, 1.165) is 41.0 Å². The number of esters is 1. The number of hydrogen-bond acceptors (Lipinski definition) is 6. The predicted octanol–water partition coefficient (Wildman–Crippen LogP) is 2.47. The summed E-state index contributed by atoms with van der Waals surface area (Å²) in [6.07, 6.45) is 2.33. The van der Waals surface area contributed by atoms with Crippen molar-refractivity contribution in [3.05, 3.63) is 59.2 Å². The Morgan fingerprint density at radius 1 is 1.12 bits per heavy atom. The van der Waals surface area contributed by atoms with Crippen LogP contribution in [-0.2, 0) is 31.1 Å². The number of para-hydroxylation sites is 2. The predicted molar refractivity (Wildman–Crippen MR) is 123 cm³/mol. The topological polar surface area (TPSA) is 96.0 Å². The number of aryl methyl sites for hydroxylation is 1. The van der Waals surface area contributed by atoms with E-state index in [4.69, 9.17) is 4.74 Å². The Bertz CT molecular complexity index is 1270. The molecule has 1 spiro atoms. The number of anilines is 2. The highest BCUT2D eigenvalue weighted by Gasteiger charge is 2.74. The standard InChI is InChI=1S/C26H25N3O5/c1-3-14-8-6-10-16-21(14)27-25(33)26(16)20-19(18-12-7-13-28(18)26)22(30)29(23(20)31)17-11-5-4-9-15(17)24(32)34-2/h4-6,8-11,18-20H,3,7,12-13H2,1-2H3,(H,27,33)/t18-,19-,20-,26+/m1/s1. The number of fused-ring (bicyclic) bond motifs is 7. The number of carbonyl (C=O) groups excluding carboxylic acids is 4. The summed E-state index contributed by atoms with van der Waals surface area (Å²) >= 11 is 0. The smallest absolute Gasteiger partial charge is 0.339 e. The number of carbonyl (C=O) groups is 4. The zero-order valence-electron chi connectivity index (χ0n) is 19.0. The van der Waals surface area contributed by atoms with Crippen molar-refractivity contribution in [2.45, 2.75) is 37.8 Å². The van der Waals surface area contributed by atoms with E-state index in [2.05, 4.69) is 10.2 Å². The lowest BCUT2D eigenvalue weighted by Crippen LogP contribution is -2.54. The van der Waals surface area contributed by atoms with Crippen molar-refractivity contribution in [3.8, 4) is 0 Å². The van der Waals surface area contributed by atoms with E-state index in [-0.39, 0.29) is 29.1 Å². The number of benzene rings is 2. The van der Waals surface area contributed by atoms with Crippen LogP contribution in [0.4, 0.5) is 11.4 Å². The van der Waals surface area contributed by atoms with E-state index < -0.39 is 29.3 Å². The van der Waals surface area contributed by atoms with Crippen LogP contribution in [0.1, 0.15) is 41.3 Å². The average Bonchev–Trinajstić information content (AvgIpc) is 3.56. The van der Waals surface area contributed by atoms with Crippen molar-refractivity contribution < 1.29 is 23.9 Å². The van der Waals surface area contributed by atoms with Gasteiger partial charge in [-0.1, -0.05) is 37.3 Å². The number of hydrogen-bond donors (Lipinski definition) is 1. The Hall–Kier alpha value is -3.52. The Kier molecular flexibility index (Phi) is 4.48.